The largest absolute Gasteiger partial charge is 0.365 e. The van der Waals surface area contributed by atoms with Crippen LogP contribution in [0.2, 0.25) is 0 Å². The van der Waals surface area contributed by atoms with E-state index in [0.717, 1.165) is 18.0 Å². The van der Waals surface area contributed by atoms with Gasteiger partial charge < -0.3 is 5.32 Å². The van der Waals surface area contributed by atoms with Crippen molar-refractivity contribution < 1.29 is 0 Å². The molecule has 84 valence electrons. The fourth-order valence-electron chi connectivity index (χ4n) is 1.74. The molecule has 2 aromatic rings. The Labute approximate surface area is 95.4 Å². The summed E-state index contributed by atoms with van der Waals surface area (Å²) < 4.78 is 1.27. The highest BCUT2D eigenvalue weighted by molar-refractivity contribution is 7.99. The first kappa shape index (κ1) is 9.71. The normalized spacial score (nSPS) is 20.4. The number of nitrogens with one attached hydrogen (secondary N) is 2. The van der Waals surface area contributed by atoms with E-state index in [9.17, 15) is 4.79 Å². The van der Waals surface area contributed by atoms with Crippen molar-refractivity contribution in [3.05, 3.63) is 22.6 Å². The molecule has 1 atom stereocenters. The van der Waals surface area contributed by atoms with Crippen molar-refractivity contribution in [2.75, 3.05) is 16.8 Å². The first-order chi connectivity index (χ1) is 7.83. The summed E-state index contributed by atoms with van der Waals surface area (Å²) in [4.78, 5) is 11.3. The van der Waals surface area contributed by atoms with Gasteiger partial charge in [-0.1, -0.05) is 0 Å². The minimum absolute atomic E-state index is 0.306. The second kappa shape index (κ2) is 3.82. The predicted octanol–water partition coefficient (Wildman–Crippen LogP) is 0.335. The maximum atomic E-state index is 11.3. The van der Waals surface area contributed by atoms with Gasteiger partial charge in [0.2, 0.25) is 0 Å². The lowest BCUT2D eigenvalue weighted by Crippen LogP contribution is -2.21. The van der Waals surface area contributed by atoms with E-state index < -0.39 is 0 Å². The van der Waals surface area contributed by atoms with Gasteiger partial charge in [-0.25, -0.2) is 9.89 Å². The molecule has 0 spiro atoms. The van der Waals surface area contributed by atoms with E-state index in [0.29, 0.717) is 11.7 Å². The van der Waals surface area contributed by atoms with E-state index in [1.165, 1.54) is 10.3 Å². The number of hydrogen-bond acceptors (Lipinski definition) is 5. The molecule has 1 fully saturated rings. The summed E-state index contributed by atoms with van der Waals surface area (Å²) in [6.45, 7) is 0. The Morgan fingerprint density at radius 1 is 1.56 bits per heavy atom. The zero-order valence-electron chi connectivity index (χ0n) is 8.51. The Morgan fingerprint density at radius 2 is 2.50 bits per heavy atom. The molecule has 3 rings (SSSR count). The monoisotopic (exact) mass is 237 g/mol. The number of H-pyrrole nitrogens is 1. The van der Waals surface area contributed by atoms with Gasteiger partial charge in [0, 0.05) is 11.8 Å². The van der Waals surface area contributed by atoms with Crippen LogP contribution in [0.5, 0.6) is 0 Å². The van der Waals surface area contributed by atoms with Gasteiger partial charge in [-0.05, 0) is 24.3 Å². The third kappa shape index (κ3) is 1.67. The van der Waals surface area contributed by atoms with Crippen LogP contribution in [0, 0.1) is 0 Å². The Kier molecular flexibility index (Phi) is 2.32. The quantitative estimate of drug-likeness (QED) is 0.787. The average Bonchev–Trinajstić information content (AvgIpc) is 2.90. The summed E-state index contributed by atoms with van der Waals surface area (Å²) in [7, 11) is 0. The van der Waals surface area contributed by atoms with Crippen LogP contribution in [0.25, 0.3) is 5.65 Å². The van der Waals surface area contributed by atoms with Gasteiger partial charge in [0.05, 0.1) is 0 Å². The molecule has 16 heavy (non-hydrogen) atoms. The standard InChI is InChI=1S/C9H11N5OS/c15-9-12-11-8-2-1-7(13-14(8)9)10-6-3-4-16-5-6/h1-2,6H,3-5H2,(H,10,13)(H,12,15). The lowest BCUT2D eigenvalue weighted by Gasteiger charge is -2.10. The van der Waals surface area contributed by atoms with Crippen molar-refractivity contribution in [1.29, 1.82) is 0 Å². The average molecular weight is 237 g/mol. The molecule has 7 heteroatoms. The highest BCUT2D eigenvalue weighted by atomic mass is 32.2. The highest BCUT2D eigenvalue weighted by Gasteiger charge is 2.15. The van der Waals surface area contributed by atoms with Crippen molar-refractivity contribution in [2.45, 2.75) is 12.5 Å². The number of aromatic amines is 1. The van der Waals surface area contributed by atoms with Crippen molar-refractivity contribution >= 4 is 23.2 Å². The summed E-state index contributed by atoms with van der Waals surface area (Å²) in [5.74, 6) is 3.01. The molecule has 0 aromatic carbocycles. The maximum Gasteiger partial charge on any atom is 0.364 e. The molecule has 1 saturated heterocycles. The van der Waals surface area contributed by atoms with Crippen molar-refractivity contribution in [3.8, 4) is 0 Å². The zero-order chi connectivity index (χ0) is 11.0. The van der Waals surface area contributed by atoms with E-state index in [2.05, 4.69) is 20.6 Å². The molecule has 2 N–H and O–H groups in total. The minimum Gasteiger partial charge on any atom is -0.365 e. The Hall–Kier alpha value is -1.50. The van der Waals surface area contributed by atoms with E-state index in [1.807, 2.05) is 17.8 Å². The van der Waals surface area contributed by atoms with Crippen LogP contribution in [0.15, 0.2) is 16.9 Å². The number of rotatable bonds is 2. The third-order valence-electron chi connectivity index (χ3n) is 2.56. The second-order valence-electron chi connectivity index (χ2n) is 3.72. The summed E-state index contributed by atoms with van der Waals surface area (Å²) >= 11 is 1.93. The first-order valence-electron chi connectivity index (χ1n) is 5.12. The fourth-order valence-corrected chi connectivity index (χ4v) is 2.89. The van der Waals surface area contributed by atoms with Gasteiger partial charge in [0.25, 0.3) is 0 Å². The third-order valence-corrected chi connectivity index (χ3v) is 3.72. The van der Waals surface area contributed by atoms with Crippen LogP contribution >= 0.6 is 11.8 Å². The number of fused-ring (bicyclic) bond motifs is 1. The topological polar surface area (TPSA) is 75.1 Å². The maximum absolute atomic E-state index is 11.3. The smallest absolute Gasteiger partial charge is 0.364 e. The molecule has 1 aliphatic rings. The van der Waals surface area contributed by atoms with Crippen molar-refractivity contribution in [3.63, 3.8) is 0 Å². The number of anilines is 1. The van der Waals surface area contributed by atoms with E-state index >= 15 is 0 Å². The van der Waals surface area contributed by atoms with Crippen LogP contribution in [0.3, 0.4) is 0 Å². The number of nitrogens with zero attached hydrogens (tertiary/aromatic N) is 3. The van der Waals surface area contributed by atoms with E-state index in [1.54, 1.807) is 6.07 Å². The lowest BCUT2D eigenvalue weighted by molar-refractivity contribution is 0.789. The fraction of sp³-hybridized carbons (Fsp3) is 0.444. The van der Waals surface area contributed by atoms with Crippen LogP contribution in [0.1, 0.15) is 6.42 Å². The summed E-state index contributed by atoms with van der Waals surface area (Å²) in [6, 6.07) is 4.08. The molecule has 2 aromatic heterocycles. The molecular weight excluding hydrogens is 226 g/mol. The Bertz CT molecular complexity index is 556. The summed E-state index contributed by atoms with van der Waals surface area (Å²) in [5.41, 5.74) is 0.232. The molecule has 0 saturated carbocycles. The van der Waals surface area contributed by atoms with Gasteiger partial charge in [0.15, 0.2) is 5.65 Å². The lowest BCUT2D eigenvalue weighted by atomic mass is 10.2. The molecule has 0 radical (unpaired) electrons. The molecule has 0 aliphatic carbocycles. The zero-order valence-corrected chi connectivity index (χ0v) is 9.33. The van der Waals surface area contributed by atoms with Gasteiger partial charge in [-0.3, -0.25) is 0 Å². The Morgan fingerprint density at radius 3 is 3.31 bits per heavy atom. The predicted molar refractivity (Wildman–Crippen MR) is 63.0 cm³/mol. The van der Waals surface area contributed by atoms with E-state index in [-0.39, 0.29) is 5.69 Å². The van der Waals surface area contributed by atoms with Crippen molar-refractivity contribution in [2.24, 2.45) is 0 Å². The summed E-state index contributed by atoms with van der Waals surface area (Å²) in [6.07, 6.45) is 1.14. The highest BCUT2D eigenvalue weighted by Crippen LogP contribution is 2.20. The summed E-state index contributed by atoms with van der Waals surface area (Å²) in [5, 5.41) is 13.7. The number of aromatic nitrogens is 4. The first-order valence-corrected chi connectivity index (χ1v) is 6.27. The van der Waals surface area contributed by atoms with Crippen LogP contribution < -0.4 is 11.0 Å². The van der Waals surface area contributed by atoms with Gasteiger partial charge in [0.1, 0.15) is 5.82 Å². The number of hydrogen-bond donors (Lipinski definition) is 2. The van der Waals surface area contributed by atoms with Crippen LogP contribution in [-0.4, -0.2) is 37.4 Å². The van der Waals surface area contributed by atoms with Gasteiger partial charge in [-0.2, -0.15) is 21.4 Å². The van der Waals surface area contributed by atoms with Crippen LogP contribution in [0.4, 0.5) is 5.82 Å². The molecule has 1 aliphatic heterocycles. The number of thioether (sulfide) groups is 1. The Balaban J connectivity index is 1.91. The molecule has 0 bridgehead atoms. The second-order valence-corrected chi connectivity index (χ2v) is 4.87. The molecule has 1 unspecified atom stereocenters. The van der Waals surface area contributed by atoms with Gasteiger partial charge >= 0.3 is 5.69 Å². The molecule has 0 amide bonds. The van der Waals surface area contributed by atoms with Crippen LogP contribution in [-0.2, 0) is 0 Å². The van der Waals surface area contributed by atoms with Crippen molar-refractivity contribution in [1.82, 2.24) is 19.8 Å². The van der Waals surface area contributed by atoms with E-state index in [4.69, 9.17) is 0 Å². The SMILES string of the molecule is O=c1[nH]nc2ccc(NC3CCSC3)nn12. The molecular formula is C9H11N5OS. The molecule has 6 nitrogen and oxygen atoms in total. The van der Waals surface area contributed by atoms with Gasteiger partial charge in [-0.15, -0.1) is 5.10 Å². The molecule has 3 heterocycles. The minimum atomic E-state index is -0.306.